The lowest BCUT2D eigenvalue weighted by Crippen LogP contribution is -1.92. The highest BCUT2D eigenvalue weighted by Crippen LogP contribution is 2.33. The lowest BCUT2D eigenvalue weighted by molar-refractivity contribution is 0.416. The molecule has 4 nitrogen and oxygen atoms in total. The number of anilines is 1. The lowest BCUT2D eigenvalue weighted by Gasteiger charge is -2.01. The van der Waals surface area contributed by atoms with Gasteiger partial charge in [0.1, 0.15) is 0 Å². The Bertz CT molecular complexity index is 527. The highest BCUT2D eigenvalue weighted by molar-refractivity contribution is 5.39. The van der Waals surface area contributed by atoms with Crippen LogP contribution in [-0.4, -0.2) is 10.2 Å². The fraction of sp³-hybridized carbons (Fsp3) is 0.467. The minimum absolute atomic E-state index is 0.498. The van der Waals surface area contributed by atoms with E-state index in [1.165, 1.54) is 31.2 Å². The number of nitrogen functional groups attached to an aromatic ring is 1. The van der Waals surface area contributed by atoms with Gasteiger partial charge in [-0.3, -0.25) is 0 Å². The van der Waals surface area contributed by atoms with Crippen molar-refractivity contribution in [2.24, 2.45) is 0 Å². The number of benzene rings is 1. The maximum absolute atomic E-state index is 5.77. The molecule has 1 aliphatic carbocycles. The van der Waals surface area contributed by atoms with Gasteiger partial charge in [0, 0.05) is 18.0 Å². The van der Waals surface area contributed by atoms with Gasteiger partial charge in [0.2, 0.25) is 11.8 Å². The highest BCUT2D eigenvalue weighted by atomic mass is 16.4. The van der Waals surface area contributed by atoms with E-state index in [0.717, 1.165) is 30.3 Å². The Morgan fingerprint density at radius 1 is 1.05 bits per heavy atom. The summed E-state index contributed by atoms with van der Waals surface area (Å²) >= 11 is 0. The second-order valence-electron chi connectivity index (χ2n) is 5.26. The lowest BCUT2D eigenvalue weighted by atomic mass is 10.1. The van der Waals surface area contributed by atoms with E-state index < -0.39 is 0 Å². The van der Waals surface area contributed by atoms with Crippen LogP contribution >= 0.6 is 0 Å². The van der Waals surface area contributed by atoms with Crippen molar-refractivity contribution in [3.63, 3.8) is 0 Å². The minimum atomic E-state index is 0.498. The number of rotatable bonds is 4. The van der Waals surface area contributed by atoms with E-state index >= 15 is 0 Å². The van der Waals surface area contributed by atoms with Crippen LogP contribution in [-0.2, 0) is 12.8 Å². The van der Waals surface area contributed by atoms with Gasteiger partial charge in [-0.05, 0) is 37.0 Å². The number of nitrogens with two attached hydrogens (primary N) is 1. The zero-order valence-electron chi connectivity index (χ0n) is 11.0. The van der Waals surface area contributed by atoms with Crippen molar-refractivity contribution >= 4 is 5.69 Å². The first-order chi connectivity index (χ1) is 9.31. The van der Waals surface area contributed by atoms with Gasteiger partial charge in [-0.25, -0.2) is 0 Å². The molecule has 4 heteroatoms. The number of hydrogen-bond acceptors (Lipinski definition) is 4. The molecule has 1 fully saturated rings. The van der Waals surface area contributed by atoms with Crippen LogP contribution in [0.15, 0.2) is 28.7 Å². The highest BCUT2D eigenvalue weighted by Gasteiger charge is 2.22. The zero-order chi connectivity index (χ0) is 13.1. The number of nitrogens with zero attached hydrogens (tertiary/aromatic N) is 2. The Kier molecular flexibility index (Phi) is 3.49. The van der Waals surface area contributed by atoms with Crippen LogP contribution in [0.3, 0.4) is 0 Å². The molecule has 0 radical (unpaired) electrons. The summed E-state index contributed by atoms with van der Waals surface area (Å²) in [4.78, 5) is 0. The largest absolute Gasteiger partial charge is 0.425 e. The monoisotopic (exact) mass is 257 g/mol. The second kappa shape index (κ2) is 5.43. The summed E-state index contributed by atoms with van der Waals surface area (Å²) in [6.07, 6.45) is 6.66. The average Bonchev–Trinajstić information content (AvgIpc) is 3.09. The molecule has 0 saturated heterocycles. The third kappa shape index (κ3) is 2.95. The Hall–Kier alpha value is -1.84. The normalized spacial score (nSPS) is 16.0. The summed E-state index contributed by atoms with van der Waals surface area (Å²) in [6, 6.07) is 7.94. The van der Waals surface area contributed by atoms with Crippen molar-refractivity contribution in [3.8, 4) is 0 Å². The van der Waals surface area contributed by atoms with Gasteiger partial charge in [-0.15, -0.1) is 10.2 Å². The van der Waals surface area contributed by atoms with Crippen molar-refractivity contribution in [2.45, 2.75) is 44.4 Å². The Morgan fingerprint density at radius 3 is 2.53 bits per heavy atom. The molecule has 1 aromatic carbocycles. The third-order valence-electron chi connectivity index (χ3n) is 3.79. The molecule has 100 valence electrons. The molecule has 0 atom stereocenters. The summed E-state index contributed by atoms with van der Waals surface area (Å²) in [5.41, 5.74) is 7.71. The summed E-state index contributed by atoms with van der Waals surface area (Å²) in [5.74, 6) is 2.08. The molecule has 3 rings (SSSR count). The van der Waals surface area contributed by atoms with Crippen LogP contribution in [0.25, 0.3) is 0 Å². The molecule has 1 heterocycles. The summed E-state index contributed by atoms with van der Waals surface area (Å²) in [7, 11) is 0. The number of aryl methyl sites for hydroxylation is 2. The molecule has 1 aliphatic rings. The van der Waals surface area contributed by atoms with E-state index in [1.54, 1.807) is 0 Å². The first-order valence-electron chi connectivity index (χ1n) is 6.98. The molecule has 2 N–H and O–H groups in total. The molecule has 19 heavy (non-hydrogen) atoms. The van der Waals surface area contributed by atoms with Crippen LogP contribution < -0.4 is 5.73 Å². The average molecular weight is 257 g/mol. The van der Waals surface area contributed by atoms with Crippen molar-refractivity contribution < 1.29 is 4.42 Å². The molecule has 0 unspecified atom stereocenters. The van der Waals surface area contributed by atoms with E-state index in [1.807, 2.05) is 24.3 Å². The van der Waals surface area contributed by atoms with E-state index in [2.05, 4.69) is 10.2 Å². The molecule has 0 bridgehead atoms. The van der Waals surface area contributed by atoms with E-state index in [9.17, 15) is 0 Å². The minimum Gasteiger partial charge on any atom is -0.425 e. The smallest absolute Gasteiger partial charge is 0.219 e. The van der Waals surface area contributed by atoms with Crippen LogP contribution in [0.1, 0.15) is 48.9 Å². The number of hydrogen-bond donors (Lipinski definition) is 1. The maximum atomic E-state index is 5.77. The van der Waals surface area contributed by atoms with Gasteiger partial charge < -0.3 is 10.2 Å². The van der Waals surface area contributed by atoms with E-state index in [-0.39, 0.29) is 0 Å². The van der Waals surface area contributed by atoms with Gasteiger partial charge in [0.05, 0.1) is 0 Å². The SMILES string of the molecule is Nc1ccc(CCc2nnc(C3CCCC3)o2)cc1. The van der Waals surface area contributed by atoms with E-state index in [0.29, 0.717) is 5.92 Å². The predicted molar refractivity (Wildman–Crippen MR) is 73.8 cm³/mol. The summed E-state index contributed by atoms with van der Waals surface area (Å²) < 4.78 is 5.77. The van der Waals surface area contributed by atoms with Gasteiger partial charge in [-0.1, -0.05) is 25.0 Å². The molecule has 0 aliphatic heterocycles. The first kappa shape index (κ1) is 12.2. The fourth-order valence-electron chi connectivity index (χ4n) is 2.64. The van der Waals surface area contributed by atoms with Crippen molar-refractivity contribution in [3.05, 3.63) is 41.6 Å². The van der Waals surface area contributed by atoms with Crippen molar-refractivity contribution in [1.29, 1.82) is 0 Å². The summed E-state index contributed by atoms with van der Waals surface area (Å²) in [6.45, 7) is 0. The standard InChI is InChI=1S/C15H19N3O/c16-13-8-5-11(6-9-13)7-10-14-17-18-15(19-14)12-3-1-2-4-12/h5-6,8-9,12H,1-4,7,10,16H2. The van der Waals surface area contributed by atoms with Gasteiger partial charge in [0.25, 0.3) is 0 Å². The Morgan fingerprint density at radius 2 is 1.79 bits per heavy atom. The Balaban J connectivity index is 1.59. The molecule has 1 aromatic heterocycles. The first-order valence-corrected chi connectivity index (χ1v) is 6.98. The number of aromatic nitrogens is 2. The van der Waals surface area contributed by atoms with Crippen LogP contribution in [0.4, 0.5) is 5.69 Å². The topological polar surface area (TPSA) is 64.9 Å². The van der Waals surface area contributed by atoms with Gasteiger partial charge >= 0.3 is 0 Å². The van der Waals surface area contributed by atoms with Gasteiger partial charge in [-0.2, -0.15) is 0 Å². The van der Waals surface area contributed by atoms with Crippen molar-refractivity contribution in [1.82, 2.24) is 10.2 Å². The van der Waals surface area contributed by atoms with Crippen LogP contribution in [0.2, 0.25) is 0 Å². The van der Waals surface area contributed by atoms with Crippen molar-refractivity contribution in [2.75, 3.05) is 5.73 Å². The quantitative estimate of drug-likeness (QED) is 0.855. The van der Waals surface area contributed by atoms with Crippen LogP contribution in [0, 0.1) is 0 Å². The van der Waals surface area contributed by atoms with E-state index in [4.69, 9.17) is 10.2 Å². The summed E-state index contributed by atoms with van der Waals surface area (Å²) in [5, 5.41) is 8.34. The molecule has 0 amide bonds. The fourth-order valence-corrected chi connectivity index (χ4v) is 2.64. The predicted octanol–water partition coefficient (Wildman–Crippen LogP) is 3.09. The molecular weight excluding hydrogens is 238 g/mol. The zero-order valence-corrected chi connectivity index (χ0v) is 11.0. The van der Waals surface area contributed by atoms with Crippen LogP contribution in [0.5, 0.6) is 0 Å². The molecule has 1 saturated carbocycles. The molecular formula is C15H19N3O. The third-order valence-corrected chi connectivity index (χ3v) is 3.79. The molecule has 0 spiro atoms. The Labute approximate surface area is 113 Å². The maximum Gasteiger partial charge on any atom is 0.219 e. The molecule has 2 aromatic rings. The van der Waals surface area contributed by atoms with Gasteiger partial charge in [0.15, 0.2) is 0 Å². The second-order valence-corrected chi connectivity index (χ2v) is 5.26.